The molecule has 0 spiro atoms. The molecule has 0 saturated carbocycles. The Hall–Kier alpha value is -1.57. The number of hydrogen-bond donors (Lipinski definition) is 0. The van der Waals surface area contributed by atoms with Gasteiger partial charge in [-0.2, -0.15) is 0 Å². The number of carbonyl (C=O) groups is 1. The van der Waals surface area contributed by atoms with Crippen molar-refractivity contribution in [2.45, 2.75) is 18.2 Å². The number of carbonyl (C=O) groups excluding carboxylic acids is 1. The second-order valence-electron chi connectivity index (χ2n) is 6.85. The monoisotopic (exact) mass is 449 g/mol. The highest BCUT2D eigenvalue weighted by atomic mass is 79.9. The summed E-state index contributed by atoms with van der Waals surface area (Å²) < 4.78 is 16.8. The normalized spacial score (nSPS) is 17.3. The van der Waals surface area contributed by atoms with Gasteiger partial charge in [-0.15, -0.1) is 0 Å². The topological polar surface area (TPSA) is 26.8 Å². The molecular formula is C20H21BrFN3OS. The van der Waals surface area contributed by atoms with Crippen LogP contribution in [0.1, 0.15) is 12.5 Å². The summed E-state index contributed by atoms with van der Waals surface area (Å²) in [6, 6.07) is 11.4. The summed E-state index contributed by atoms with van der Waals surface area (Å²) >= 11 is 5.13. The highest BCUT2D eigenvalue weighted by molar-refractivity contribution is 9.10. The standard InChI is InChI=1S/C20H21BrFN3OS/c1-14(26)25-5-4-15-10-19(2-3-20(15)25)27-24-8-6-23(7-9-24)18-12-16(21)11-17(22)13-18/h2-3,10-13H,4-9H2,1H3. The third-order valence-corrected chi connectivity index (χ3v) is 6.56. The van der Waals surface area contributed by atoms with Gasteiger partial charge in [-0.05, 0) is 60.3 Å². The Kier molecular flexibility index (Phi) is 5.43. The Bertz CT molecular complexity index is 850. The van der Waals surface area contributed by atoms with Gasteiger partial charge in [0.05, 0.1) is 0 Å². The van der Waals surface area contributed by atoms with Gasteiger partial charge >= 0.3 is 0 Å². The van der Waals surface area contributed by atoms with E-state index in [2.05, 4.69) is 43.3 Å². The van der Waals surface area contributed by atoms with Gasteiger partial charge in [0, 0.05) is 60.4 Å². The first kappa shape index (κ1) is 18.8. The minimum Gasteiger partial charge on any atom is -0.369 e. The smallest absolute Gasteiger partial charge is 0.223 e. The van der Waals surface area contributed by atoms with E-state index in [1.54, 1.807) is 24.9 Å². The molecular weight excluding hydrogens is 429 g/mol. The Morgan fingerprint density at radius 3 is 2.56 bits per heavy atom. The summed E-state index contributed by atoms with van der Waals surface area (Å²) in [4.78, 5) is 17.0. The number of fused-ring (bicyclic) bond motifs is 1. The molecule has 1 amide bonds. The third kappa shape index (κ3) is 4.15. The van der Waals surface area contributed by atoms with Crippen LogP contribution >= 0.6 is 27.9 Å². The fourth-order valence-corrected chi connectivity index (χ4v) is 5.09. The van der Waals surface area contributed by atoms with Crippen LogP contribution in [0.4, 0.5) is 15.8 Å². The molecule has 2 aliphatic heterocycles. The number of piperazine rings is 1. The maximum atomic E-state index is 13.6. The number of benzene rings is 2. The van der Waals surface area contributed by atoms with Crippen LogP contribution in [-0.4, -0.2) is 42.9 Å². The lowest BCUT2D eigenvalue weighted by Gasteiger charge is -2.35. The van der Waals surface area contributed by atoms with Gasteiger partial charge in [-0.1, -0.05) is 15.9 Å². The first-order chi connectivity index (χ1) is 13.0. The first-order valence-corrected chi connectivity index (χ1v) is 10.6. The summed E-state index contributed by atoms with van der Waals surface area (Å²) in [5.41, 5.74) is 3.22. The van der Waals surface area contributed by atoms with Crippen molar-refractivity contribution >= 4 is 45.2 Å². The number of amides is 1. The minimum absolute atomic E-state index is 0.106. The predicted molar refractivity (Wildman–Crippen MR) is 112 cm³/mol. The molecule has 0 aromatic heterocycles. The number of anilines is 2. The molecule has 2 heterocycles. The summed E-state index contributed by atoms with van der Waals surface area (Å²) in [5.74, 6) is -0.108. The van der Waals surface area contributed by atoms with Crippen molar-refractivity contribution in [2.24, 2.45) is 0 Å². The molecule has 2 aliphatic rings. The molecule has 2 aromatic rings. The van der Waals surface area contributed by atoms with E-state index in [4.69, 9.17) is 0 Å². The van der Waals surface area contributed by atoms with Gasteiger partial charge in [0.1, 0.15) is 5.82 Å². The molecule has 27 heavy (non-hydrogen) atoms. The van der Waals surface area contributed by atoms with Gasteiger partial charge in [0.25, 0.3) is 0 Å². The van der Waals surface area contributed by atoms with Crippen molar-refractivity contribution in [1.82, 2.24) is 4.31 Å². The fourth-order valence-electron chi connectivity index (χ4n) is 3.67. The number of rotatable bonds is 3. The van der Waals surface area contributed by atoms with Gasteiger partial charge in [0.2, 0.25) is 5.91 Å². The second kappa shape index (κ2) is 7.81. The quantitative estimate of drug-likeness (QED) is 0.651. The SMILES string of the molecule is CC(=O)N1CCc2cc(SN3CCN(c4cc(F)cc(Br)c4)CC3)ccc21. The molecule has 0 N–H and O–H groups in total. The molecule has 0 atom stereocenters. The Morgan fingerprint density at radius 1 is 1.07 bits per heavy atom. The van der Waals surface area contributed by atoms with Crippen molar-refractivity contribution in [2.75, 3.05) is 42.5 Å². The van der Waals surface area contributed by atoms with Crippen LogP contribution in [0.2, 0.25) is 0 Å². The van der Waals surface area contributed by atoms with E-state index in [-0.39, 0.29) is 11.7 Å². The fraction of sp³-hybridized carbons (Fsp3) is 0.350. The molecule has 0 unspecified atom stereocenters. The second-order valence-corrected chi connectivity index (χ2v) is 8.93. The van der Waals surface area contributed by atoms with Gasteiger partial charge in [0.15, 0.2) is 0 Å². The molecule has 2 aromatic carbocycles. The molecule has 1 fully saturated rings. The summed E-state index contributed by atoms with van der Waals surface area (Å²) in [7, 11) is 0. The van der Waals surface area contributed by atoms with E-state index >= 15 is 0 Å². The minimum atomic E-state index is -0.214. The van der Waals surface area contributed by atoms with E-state index < -0.39 is 0 Å². The predicted octanol–water partition coefficient (Wildman–Crippen LogP) is 4.33. The molecule has 0 bridgehead atoms. The van der Waals surface area contributed by atoms with E-state index in [9.17, 15) is 9.18 Å². The van der Waals surface area contributed by atoms with Crippen molar-refractivity contribution in [3.63, 3.8) is 0 Å². The van der Waals surface area contributed by atoms with Crippen LogP contribution < -0.4 is 9.80 Å². The Labute approximate surface area is 171 Å². The molecule has 4 nitrogen and oxygen atoms in total. The summed E-state index contributed by atoms with van der Waals surface area (Å²) in [5, 5.41) is 0. The van der Waals surface area contributed by atoms with Crippen molar-refractivity contribution in [3.05, 3.63) is 52.3 Å². The van der Waals surface area contributed by atoms with Crippen molar-refractivity contribution in [1.29, 1.82) is 0 Å². The molecule has 1 saturated heterocycles. The van der Waals surface area contributed by atoms with E-state index in [0.717, 1.165) is 55.0 Å². The zero-order chi connectivity index (χ0) is 19.0. The molecule has 4 rings (SSSR count). The summed E-state index contributed by atoms with van der Waals surface area (Å²) in [6.07, 6.45) is 0.922. The maximum absolute atomic E-state index is 13.6. The average Bonchev–Trinajstić information content (AvgIpc) is 3.05. The van der Waals surface area contributed by atoms with Gasteiger partial charge in [-0.3, -0.25) is 4.79 Å². The number of halogens is 2. The van der Waals surface area contributed by atoms with Gasteiger partial charge < -0.3 is 9.80 Å². The van der Waals surface area contributed by atoms with Gasteiger partial charge in [-0.25, -0.2) is 8.70 Å². The van der Waals surface area contributed by atoms with E-state index in [1.807, 2.05) is 11.0 Å². The average molecular weight is 450 g/mol. The molecule has 142 valence electrons. The van der Waals surface area contributed by atoms with E-state index in [0.29, 0.717) is 0 Å². The molecule has 7 heteroatoms. The van der Waals surface area contributed by atoms with E-state index in [1.165, 1.54) is 16.5 Å². The highest BCUT2D eigenvalue weighted by Gasteiger charge is 2.23. The number of hydrogen-bond acceptors (Lipinski definition) is 4. The third-order valence-electron chi connectivity index (χ3n) is 5.01. The largest absolute Gasteiger partial charge is 0.369 e. The van der Waals surface area contributed by atoms with Crippen molar-refractivity contribution < 1.29 is 9.18 Å². The zero-order valence-electron chi connectivity index (χ0n) is 15.1. The Morgan fingerprint density at radius 2 is 1.85 bits per heavy atom. The molecule has 0 aliphatic carbocycles. The lowest BCUT2D eigenvalue weighted by atomic mass is 10.2. The lowest BCUT2D eigenvalue weighted by Crippen LogP contribution is -2.43. The van der Waals surface area contributed by atoms with Crippen LogP contribution in [0.25, 0.3) is 0 Å². The zero-order valence-corrected chi connectivity index (χ0v) is 17.5. The summed E-state index contributed by atoms with van der Waals surface area (Å²) in [6.45, 7) is 5.96. The first-order valence-electron chi connectivity index (χ1n) is 9.04. The van der Waals surface area contributed by atoms with Crippen LogP contribution in [0.3, 0.4) is 0 Å². The Balaban J connectivity index is 1.38. The lowest BCUT2D eigenvalue weighted by molar-refractivity contribution is -0.116. The maximum Gasteiger partial charge on any atom is 0.223 e. The highest BCUT2D eigenvalue weighted by Crippen LogP contribution is 2.34. The van der Waals surface area contributed by atoms with Crippen LogP contribution in [0.5, 0.6) is 0 Å². The van der Waals surface area contributed by atoms with Crippen LogP contribution in [0, 0.1) is 5.82 Å². The molecule has 0 radical (unpaired) electrons. The van der Waals surface area contributed by atoms with Crippen LogP contribution in [0.15, 0.2) is 45.8 Å². The van der Waals surface area contributed by atoms with Crippen LogP contribution in [-0.2, 0) is 11.2 Å². The number of nitrogens with zero attached hydrogens (tertiary/aromatic N) is 3. The van der Waals surface area contributed by atoms with Crippen molar-refractivity contribution in [3.8, 4) is 0 Å².